The molecule has 37 atom stereocenters. The number of nitrogens with one attached hydrogen (secondary N) is 1. The molecule has 0 aromatic heterocycles. The van der Waals surface area contributed by atoms with Gasteiger partial charge >= 0.3 is 7.82 Å². The average molecular weight is 1900 g/mol. The quantitative estimate of drug-likeness (QED) is 0.0105. The van der Waals surface area contributed by atoms with Crippen molar-refractivity contribution in [1.29, 1.82) is 0 Å². The average Bonchev–Trinajstić information content (AvgIpc) is 0.749. The number of amides is 1. The predicted molar refractivity (Wildman–Crippen MR) is 508 cm³/mol. The monoisotopic (exact) mass is 1900 g/mol. The van der Waals surface area contributed by atoms with Gasteiger partial charge in [-0.2, -0.15) is 0 Å². The van der Waals surface area contributed by atoms with E-state index in [1.165, 1.54) is 6.92 Å². The number of phosphoric ester groups is 1. The fraction of sp³-hybridized carbons (Fsp3) is 0.651. The highest BCUT2D eigenvalue weighted by atomic mass is 31.2. The number of hydrogen-bond donors (Lipinski definition) is 3. The number of carbonyl (C=O) groups is 1. The molecule has 6 aromatic carbocycles. The Kier molecular flexibility index (Phi) is 40.5. The molecule has 1 aliphatic carbocycles. The number of aliphatic hydroxyl groups excluding tert-OH is 1. The third-order valence-corrected chi connectivity index (χ3v) is 30.7. The van der Waals surface area contributed by atoms with Crippen LogP contribution < -0.4 is 5.32 Å². The number of hydrogen-bond acceptors (Lipinski definition) is 24. The van der Waals surface area contributed by atoms with E-state index in [0.29, 0.717) is 12.8 Å². The molecule has 0 spiro atoms. The third kappa shape index (κ3) is 27.8. The zero-order valence-electron chi connectivity index (χ0n) is 81.8. The maximum atomic E-state index is 15.0. The lowest BCUT2D eigenvalue weighted by Gasteiger charge is -2.53. The lowest BCUT2D eigenvalue weighted by atomic mass is 9.78. The summed E-state index contributed by atoms with van der Waals surface area (Å²) in [5.74, 6) is -3.35. The maximum absolute atomic E-state index is 15.0. The van der Waals surface area contributed by atoms with Crippen molar-refractivity contribution in [3.05, 3.63) is 226 Å². The molecule has 3 N–H and O–H groups in total. The van der Waals surface area contributed by atoms with Gasteiger partial charge in [0, 0.05) is 35.5 Å². The van der Waals surface area contributed by atoms with Crippen LogP contribution in [0.15, 0.2) is 187 Å². The van der Waals surface area contributed by atoms with Crippen molar-refractivity contribution in [2.24, 2.45) is 76.1 Å². The molecule has 13 rings (SSSR count). The molecule has 16 unspecified atom stereocenters. The van der Waals surface area contributed by atoms with Gasteiger partial charge in [-0.15, -0.1) is 0 Å². The van der Waals surface area contributed by atoms with Crippen molar-refractivity contribution in [3.63, 3.8) is 0 Å². The van der Waals surface area contributed by atoms with Gasteiger partial charge in [-0.25, -0.2) is 4.57 Å². The smallest absolute Gasteiger partial charge is 0.394 e. The second kappa shape index (κ2) is 51.7. The highest BCUT2D eigenvalue weighted by Crippen LogP contribution is 2.52. The summed E-state index contributed by atoms with van der Waals surface area (Å²) in [4.78, 5) is 29.8. The van der Waals surface area contributed by atoms with Crippen LogP contribution in [0.25, 0.3) is 10.4 Å². The predicted octanol–water partition coefficient (Wildman–Crippen LogP) is 18.8. The zero-order valence-corrected chi connectivity index (χ0v) is 82.7. The summed E-state index contributed by atoms with van der Waals surface area (Å²) >= 11 is 0. The molecule has 744 valence electrons. The Morgan fingerprint density at radius 3 is 1.24 bits per heavy atom. The van der Waals surface area contributed by atoms with Crippen LogP contribution in [-0.2, 0) is 143 Å². The van der Waals surface area contributed by atoms with Gasteiger partial charge in [0.1, 0.15) is 48.8 Å². The van der Waals surface area contributed by atoms with E-state index in [-0.39, 0.29) is 132 Å². The summed E-state index contributed by atoms with van der Waals surface area (Å²) in [5, 5.41) is 18.8. The summed E-state index contributed by atoms with van der Waals surface area (Å²) in [5.41, 5.74) is 16.4. The molecule has 0 radical (unpaired) electrons. The molecule has 6 saturated heterocycles. The lowest BCUT2D eigenvalue weighted by molar-refractivity contribution is -0.372. The maximum Gasteiger partial charge on any atom is 0.472 e. The van der Waals surface area contributed by atoms with E-state index < -0.39 is 173 Å². The molecule has 7 aliphatic rings. The Balaban J connectivity index is 0.873. The van der Waals surface area contributed by atoms with Crippen molar-refractivity contribution in [1.82, 2.24) is 5.32 Å². The van der Waals surface area contributed by atoms with Crippen LogP contribution in [0, 0.1) is 71.0 Å². The molecule has 29 heteroatoms. The highest BCUT2D eigenvalue weighted by molar-refractivity contribution is 7.47. The summed E-state index contributed by atoms with van der Waals surface area (Å²) in [6.07, 6.45) is -15.4. The number of aliphatic hydroxyl groups is 1. The van der Waals surface area contributed by atoms with Crippen molar-refractivity contribution in [2.75, 3.05) is 33.0 Å². The van der Waals surface area contributed by atoms with Crippen molar-refractivity contribution < 1.29 is 114 Å². The van der Waals surface area contributed by atoms with E-state index in [0.717, 1.165) is 59.1 Å². The molecule has 7 fully saturated rings. The molecular formula is C106H151N4O24P. The number of ether oxygens (including phenoxy) is 18. The van der Waals surface area contributed by atoms with Crippen LogP contribution in [0.3, 0.4) is 0 Å². The highest BCUT2D eigenvalue weighted by Gasteiger charge is 2.60. The zero-order chi connectivity index (χ0) is 95.8. The fourth-order valence-corrected chi connectivity index (χ4v) is 21.5. The number of nitrogens with zero attached hydrogens (tertiary/aromatic N) is 3. The van der Waals surface area contributed by atoms with Crippen LogP contribution in [0.5, 0.6) is 0 Å². The molecule has 0 bridgehead atoms. The van der Waals surface area contributed by atoms with Gasteiger partial charge < -0.3 is 101 Å². The first-order chi connectivity index (χ1) is 65.3. The fourth-order valence-electron chi connectivity index (χ4n) is 20.5. The number of azide groups is 1. The van der Waals surface area contributed by atoms with Crippen molar-refractivity contribution >= 4 is 13.7 Å². The topological polar surface area (TPSA) is 320 Å². The molecule has 1 amide bonds. The molecular weight excluding hydrogens is 1740 g/mol. The van der Waals surface area contributed by atoms with Crippen LogP contribution in [0.4, 0.5) is 0 Å². The molecule has 135 heavy (non-hydrogen) atoms. The number of benzene rings is 6. The summed E-state index contributed by atoms with van der Waals surface area (Å²) < 4.78 is 157. The normalized spacial score (nSPS) is 36.6. The van der Waals surface area contributed by atoms with Crippen molar-refractivity contribution in [3.8, 4) is 0 Å². The van der Waals surface area contributed by atoms with Gasteiger partial charge in [-0.05, 0) is 106 Å². The Morgan fingerprint density at radius 2 is 0.748 bits per heavy atom. The standard InChI is InChI=1S/C106H151N4O24P/c1-17-20-21-40-53-122-135(113,114)134-100-95(75(15)94(117-57-79-45-32-24-33-46-79)98(119-59-81-49-36-26-37-50-81)99(100)120-60-82-51-38-27-39-52-82)132-104-90(109-110-107)74(14)93(87(128-104)62-116-56-78-43-30-23-31-44-78)130-102-72(12)70(10)91(131-103-89(108-76(16)112)73(13)92(86(127-103)61-115-55-77-41-28-22-29-42-77)129-101-71(11)64(4)65(5)83(18-2)123-101)88(126-102)63-121-105-97(69(9)66(6)84(19-3)124-105)133-106-96(68(8)67(7)85(54-111)125-106)118-58-80-47-34-25-35-48-80/h22-39,41-52,64-75,83-106,111H,17-21,40,53-63H2,1-16H3,(H,108,112)(H,113,114)/t64-,65-,66-,67-,68-,69-,70+,71?,72?,73+,74+,75?,83?,84?,85?,86?,87?,88?,89?,90?,91-,92+,93-,94?,95+,96?,97?,98+,99?,100-,101+,102+,103-,104+,105-,106+/m0/s1. The van der Waals surface area contributed by atoms with Gasteiger partial charge in [-0.3, -0.25) is 13.8 Å². The molecule has 1 saturated carbocycles. The Bertz CT molecular complexity index is 4530. The number of unbranched alkanes of at least 4 members (excludes halogenated alkanes) is 3. The van der Waals surface area contributed by atoms with Crippen LogP contribution >= 0.6 is 7.82 Å². The number of carbonyl (C=O) groups excluding carboxylic acids is 1. The van der Waals surface area contributed by atoms with Crippen molar-refractivity contribution in [2.45, 2.75) is 336 Å². The van der Waals surface area contributed by atoms with Crippen LogP contribution in [0.2, 0.25) is 0 Å². The van der Waals surface area contributed by atoms with Crippen LogP contribution in [0.1, 0.15) is 183 Å². The summed E-state index contributed by atoms with van der Waals surface area (Å²) in [6.45, 7) is 33.3. The summed E-state index contributed by atoms with van der Waals surface area (Å²) in [6, 6.07) is 56.6. The molecule has 6 heterocycles. The van der Waals surface area contributed by atoms with Gasteiger partial charge in [0.2, 0.25) is 5.91 Å². The second-order valence-electron chi connectivity index (χ2n) is 38.8. The Hall–Kier alpha value is -6.55. The first-order valence-electron chi connectivity index (χ1n) is 49.5. The number of rotatable bonds is 46. The van der Waals surface area contributed by atoms with Crippen LogP contribution in [-0.4, -0.2) is 196 Å². The molecule has 6 aromatic rings. The molecule has 6 aliphatic heterocycles. The minimum absolute atomic E-state index is 0.00432. The van der Waals surface area contributed by atoms with E-state index in [1.54, 1.807) is 0 Å². The summed E-state index contributed by atoms with van der Waals surface area (Å²) in [7, 11) is -5.03. The minimum atomic E-state index is -5.03. The minimum Gasteiger partial charge on any atom is -0.394 e. The Labute approximate surface area is 799 Å². The second-order valence-corrected chi connectivity index (χ2v) is 40.2. The Morgan fingerprint density at radius 1 is 0.370 bits per heavy atom. The van der Waals surface area contributed by atoms with Gasteiger partial charge in [0.15, 0.2) is 37.7 Å². The largest absolute Gasteiger partial charge is 0.472 e. The third-order valence-electron chi connectivity index (χ3n) is 29.7. The number of phosphoric acid groups is 1. The first-order valence-corrected chi connectivity index (χ1v) is 51.0. The first kappa shape index (κ1) is 106. The molecule has 28 nitrogen and oxygen atoms in total. The van der Waals surface area contributed by atoms with E-state index in [9.17, 15) is 20.3 Å². The SMILES string of the molecule is CCCCCCOP(=O)(O)O[C@@H]1C(OCc2ccccc2)[C@H](OCc2ccccc2)C(OCc2ccccc2)C(C)[C@H]1O[C@H]1OC(COCc2ccccc2)[C@@H](O[C@H]2OC(CO[C@H]3OC(CC)[C@@H](C)[C@H](C)C3O[C@H]3OC(CO)[C@@H](C)[C@H](C)C3OCc3ccccc3)[C@@H](O[C@@H]3OC(COCc4ccccc4)[C@H](O[C@H]4OC(CC)[C@@H](C)[C@H](C)C4C)[C@H](C)C3NC(C)=O)[C@H](C)C2C)[C@H](C)C1N=[N+]=[N-]. The van der Waals surface area contributed by atoms with Gasteiger partial charge in [0.05, 0.1) is 134 Å². The van der Waals surface area contributed by atoms with E-state index >= 15 is 4.57 Å². The van der Waals surface area contributed by atoms with E-state index in [1.807, 2.05) is 210 Å². The van der Waals surface area contributed by atoms with E-state index in [2.05, 4.69) is 91.5 Å². The lowest BCUT2D eigenvalue weighted by Crippen LogP contribution is -2.66. The van der Waals surface area contributed by atoms with E-state index in [4.69, 9.17) is 94.3 Å². The van der Waals surface area contributed by atoms with Gasteiger partial charge in [-0.1, -0.05) is 310 Å². The van der Waals surface area contributed by atoms with Gasteiger partial charge in [0.25, 0.3) is 0 Å².